The second kappa shape index (κ2) is 7.90. The van der Waals surface area contributed by atoms with Crippen molar-refractivity contribution in [1.82, 2.24) is 4.90 Å². The first-order valence-corrected chi connectivity index (χ1v) is 6.19. The summed E-state index contributed by atoms with van der Waals surface area (Å²) in [6.45, 7) is 2.61. The molecule has 0 atom stereocenters. The zero-order chi connectivity index (χ0) is 12.7. The molecule has 0 saturated heterocycles. The van der Waals surface area contributed by atoms with Gasteiger partial charge in [0.25, 0.3) is 0 Å². The standard InChI is InChI=1S/C12H17Cl2NO2/c1-15(2-4-17-5-3-16)9-10-6-11(13)8-12(14)7-10/h6-8,16H,2-5,9H2,1H3. The van der Waals surface area contributed by atoms with Gasteiger partial charge in [-0.3, -0.25) is 4.90 Å². The molecule has 1 N–H and O–H groups in total. The average molecular weight is 278 g/mol. The Bertz CT molecular complexity index is 327. The Morgan fingerprint density at radius 1 is 1.18 bits per heavy atom. The summed E-state index contributed by atoms with van der Waals surface area (Å²) >= 11 is 11.8. The van der Waals surface area contributed by atoms with Crippen molar-refractivity contribution < 1.29 is 9.84 Å². The second-order valence-electron chi connectivity index (χ2n) is 3.85. The number of nitrogens with zero attached hydrogens (tertiary/aromatic N) is 1. The Morgan fingerprint density at radius 2 is 1.82 bits per heavy atom. The van der Waals surface area contributed by atoms with Crippen LogP contribution < -0.4 is 0 Å². The van der Waals surface area contributed by atoms with E-state index in [9.17, 15) is 0 Å². The maximum Gasteiger partial charge on any atom is 0.0698 e. The molecule has 1 aromatic carbocycles. The van der Waals surface area contributed by atoms with Gasteiger partial charge in [-0.1, -0.05) is 23.2 Å². The Balaban J connectivity index is 2.36. The summed E-state index contributed by atoms with van der Waals surface area (Å²) in [6, 6.07) is 5.52. The fourth-order valence-corrected chi connectivity index (χ4v) is 2.05. The third-order valence-electron chi connectivity index (χ3n) is 2.23. The number of hydrogen-bond acceptors (Lipinski definition) is 3. The van der Waals surface area contributed by atoms with Gasteiger partial charge in [0.2, 0.25) is 0 Å². The van der Waals surface area contributed by atoms with E-state index in [1.807, 2.05) is 19.2 Å². The van der Waals surface area contributed by atoms with Crippen LogP contribution in [0.4, 0.5) is 0 Å². The highest BCUT2D eigenvalue weighted by atomic mass is 35.5. The van der Waals surface area contributed by atoms with Gasteiger partial charge in [0.15, 0.2) is 0 Å². The van der Waals surface area contributed by atoms with Gasteiger partial charge < -0.3 is 9.84 Å². The van der Waals surface area contributed by atoms with Crippen LogP contribution in [0.5, 0.6) is 0 Å². The lowest BCUT2D eigenvalue weighted by molar-refractivity contribution is 0.0773. The van der Waals surface area contributed by atoms with E-state index >= 15 is 0 Å². The number of rotatable bonds is 7. The van der Waals surface area contributed by atoms with Gasteiger partial charge in [-0.2, -0.15) is 0 Å². The van der Waals surface area contributed by atoms with Crippen molar-refractivity contribution in [2.75, 3.05) is 33.4 Å². The number of benzene rings is 1. The molecule has 5 heteroatoms. The third kappa shape index (κ3) is 6.24. The number of hydrogen-bond donors (Lipinski definition) is 1. The fraction of sp³-hybridized carbons (Fsp3) is 0.500. The van der Waals surface area contributed by atoms with Gasteiger partial charge >= 0.3 is 0 Å². The molecule has 0 aliphatic carbocycles. The highest BCUT2D eigenvalue weighted by Crippen LogP contribution is 2.19. The molecule has 0 aliphatic rings. The Morgan fingerprint density at radius 3 is 2.41 bits per heavy atom. The lowest BCUT2D eigenvalue weighted by atomic mass is 10.2. The van der Waals surface area contributed by atoms with E-state index < -0.39 is 0 Å². The van der Waals surface area contributed by atoms with Crippen LogP contribution in [0, 0.1) is 0 Å². The monoisotopic (exact) mass is 277 g/mol. The fourth-order valence-electron chi connectivity index (χ4n) is 1.48. The van der Waals surface area contributed by atoms with Crippen LogP contribution in [0.3, 0.4) is 0 Å². The van der Waals surface area contributed by atoms with Crippen LogP contribution in [0.2, 0.25) is 10.0 Å². The second-order valence-corrected chi connectivity index (χ2v) is 4.72. The number of aliphatic hydroxyl groups excluding tert-OH is 1. The van der Waals surface area contributed by atoms with Crippen LogP contribution >= 0.6 is 23.2 Å². The molecule has 3 nitrogen and oxygen atoms in total. The van der Waals surface area contributed by atoms with Crippen LogP contribution in [-0.2, 0) is 11.3 Å². The molecule has 0 spiro atoms. The van der Waals surface area contributed by atoms with Crippen molar-refractivity contribution in [3.63, 3.8) is 0 Å². The summed E-state index contributed by atoms with van der Waals surface area (Å²) in [5.74, 6) is 0. The first kappa shape index (κ1) is 14.7. The van der Waals surface area contributed by atoms with Crippen LogP contribution in [-0.4, -0.2) is 43.4 Å². The molecule has 0 saturated carbocycles. The van der Waals surface area contributed by atoms with Gasteiger partial charge in [0.1, 0.15) is 0 Å². The molecule has 0 unspecified atom stereocenters. The quantitative estimate of drug-likeness (QED) is 0.778. The summed E-state index contributed by atoms with van der Waals surface area (Å²) in [5.41, 5.74) is 1.08. The molecule has 0 bridgehead atoms. The molecule has 0 amide bonds. The van der Waals surface area contributed by atoms with Crippen LogP contribution in [0.15, 0.2) is 18.2 Å². The van der Waals surface area contributed by atoms with Gasteiger partial charge in [-0.25, -0.2) is 0 Å². The maximum absolute atomic E-state index is 8.56. The largest absolute Gasteiger partial charge is 0.394 e. The molecule has 96 valence electrons. The summed E-state index contributed by atoms with van der Waals surface area (Å²) in [5, 5.41) is 9.86. The smallest absolute Gasteiger partial charge is 0.0698 e. The van der Waals surface area contributed by atoms with E-state index in [1.54, 1.807) is 6.07 Å². The minimum atomic E-state index is 0.0631. The molecule has 0 aromatic heterocycles. The minimum Gasteiger partial charge on any atom is -0.394 e. The summed E-state index contributed by atoms with van der Waals surface area (Å²) in [6.07, 6.45) is 0. The predicted octanol–water partition coefficient (Wildman–Crippen LogP) is 2.43. The molecule has 1 aromatic rings. The molecule has 0 radical (unpaired) electrons. The van der Waals surface area contributed by atoms with Crippen molar-refractivity contribution in [2.24, 2.45) is 0 Å². The highest BCUT2D eigenvalue weighted by Gasteiger charge is 2.03. The van der Waals surface area contributed by atoms with E-state index in [1.165, 1.54) is 0 Å². The summed E-state index contributed by atoms with van der Waals surface area (Å²) in [4.78, 5) is 2.11. The summed E-state index contributed by atoms with van der Waals surface area (Å²) < 4.78 is 5.19. The van der Waals surface area contributed by atoms with Crippen LogP contribution in [0.25, 0.3) is 0 Å². The Hall–Kier alpha value is -0.320. The molecule has 1 rings (SSSR count). The molecular weight excluding hydrogens is 261 g/mol. The average Bonchev–Trinajstić information content (AvgIpc) is 2.23. The number of ether oxygens (including phenoxy) is 1. The van der Waals surface area contributed by atoms with Gasteiger partial charge in [0, 0.05) is 23.1 Å². The van der Waals surface area contributed by atoms with Crippen LogP contribution in [0.1, 0.15) is 5.56 Å². The van der Waals surface area contributed by atoms with Crippen molar-refractivity contribution in [1.29, 1.82) is 0 Å². The van der Waals surface area contributed by atoms with E-state index in [0.717, 1.165) is 18.7 Å². The van der Waals surface area contributed by atoms with Gasteiger partial charge in [-0.05, 0) is 30.8 Å². The van der Waals surface area contributed by atoms with Crippen molar-refractivity contribution in [3.8, 4) is 0 Å². The SMILES string of the molecule is CN(CCOCCO)Cc1cc(Cl)cc(Cl)c1. The highest BCUT2D eigenvalue weighted by molar-refractivity contribution is 6.34. The molecule has 17 heavy (non-hydrogen) atoms. The van der Waals surface area contributed by atoms with Crippen molar-refractivity contribution >= 4 is 23.2 Å². The first-order chi connectivity index (χ1) is 8.11. The van der Waals surface area contributed by atoms with Crippen molar-refractivity contribution in [2.45, 2.75) is 6.54 Å². The number of halogens is 2. The Labute approximate surface area is 112 Å². The minimum absolute atomic E-state index is 0.0631. The number of likely N-dealkylation sites (N-methyl/N-ethyl adjacent to an activating group) is 1. The normalized spacial score (nSPS) is 11.1. The lowest BCUT2D eigenvalue weighted by Crippen LogP contribution is -2.23. The predicted molar refractivity (Wildman–Crippen MR) is 70.7 cm³/mol. The summed E-state index contributed by atoms with van der Waals surface area (Å²) in [7, 11) is 2.00. The lowest BCUT2D eigenvalue weighted by Gasteiger charge is -2.16. The van der Waals surface area contributed by atoms with E-state index in [2.05, 4.69) is 4.90 Å². The van der Waals surface area contributed by atoms with Gasteiger partial charge in [0.05, 0.1) is 19.8 Å². The molecular formula is C12H17Cl2NO2. The maximum atomic E-state index is 8.56. The zero-order valence-electron chi connectivity index (χ0n) is 9.83. The third-order valence-corrected chi connectivity index (χ3v) is 2.66. The molecule has 0 heterocycles. The first-order valence-electron chi connectivity index (χ1n) is 5.44. The zero-order valence-corrected chi connectivity index (χ0v) is 11.3. The van der Waals surface area contributed by atoms with Gasteiger partial charge in [-0.15, -0.1) is 0 Å². The van der Waals surface area contributed by atoms with E-state index in [-0.39, 0.29) is 6.61 Å². The Kier molecular flexibility index (Phi) is 6.85. The molecule has 0 fully saturated rings. The van der Waals surface area contributed by atoms with E-state index in [0.29, 0.717) is 23.3 Å². The van der Waals surface area contributed by atoms with Crippen molar-refractivity contribution in [3.05, 3.63) is 33.8 Å². The van der Waals surface area contributed by atoms with E-state index in [4.69, 9.17) is 33.0 Å². The molecule has 0 aliphatic heterocycles. The topological polar surface area (TPSA) is 32.7 Å². The number of aliphatic hydroxyl groups is 1.